The first-order valence-corrected chi connectivity index (χ1v) is 7.74. The number of halogens is 1. The molecule has 3 aromatic rings. The summed E-state index contributed by atoms with van der Waals surface area (Å²) < 4.78 is 26.7. The van der Waals surface area contributed by atoms with E-state index in [1.807, 2.05) is 18.3 Å². The number of morpholine rings is 1. The van der Waals surface area contributed by atoms with Gasteiger partial charge in [0.15, 0.2) is 5.75 Å². The molecule has 6 nitrogen and oxygen atoms in total. The molecule has 4 rings (SSSR count). The first-order valence-electron chi connectivity index (χ1n) is 7.74. The number of nitrogens with two attached hydrogens (primary N) is 1. The van der Waals surface area contributed by atoms with Crippen molar-refractivity contribution >= 4 is 16.9 Å². The highest BCUT2D eigenvalue weighted by molar-refractivity contribution is 5.66. The molecule has 1 saturated heterocycles. The molecule has 3 heterocycles. The minimum atomic E-state index is -0.499. The van der Waals surface area contributed by atoms with E-state index in [2.05, 4.69) is 10.00 Å². The lowest BCUT2D eigenvalue weighted by Crippen LogP contribution is -2.36. The smallest absolute Gasteiger partial charge is 0.155 e. The number of nitrogens with zero attached hydrogens (tertiary/aromatic N) is 3. The van der Waals surface area contributed by atoms with Crippen LogP contribution in [0.1, 0.15) is 0 Å². The van der Waals surface area contributed by atoms with E-state index in [4.69, 9.17) is 15.2 Å². The van der Waals surface area contributed by atoms with Crippen molar-refractivity contribution in [2.24, 2.45) is 0 Å². The highest BCUT2D eigenvalue weighted by atomic mass is 19.1. The standard InChI is InChI=1S/C17H17FN4O2/c18-14-10-13(1-2-15(14)19)24-17-9-12(21-5-7-23-8-6-21)11-22-16(17)3-4-20-22/h1-4,9-11H,5-8,19H2. The van der Waals surface area contributed by atoms with Gasteiger partial charge in [-0.25, -0.2) is 8.91 Å². The van der Waals surface area contributed by atoms with Gasteiger partial charge in [0, 0.05) is 25.2 Å². The summed E-state index contributed by atoms with van der Waals surface area (Å²) in [5.74, 6) is 0.506. The van der Waals surface area contributed by atoms with Crippen LogP contribution < -0.4 is 15.4 Å². The van der Waals surface area contributed by atoms with E-state index in [1.54, 1.807) is 16.8 Å². The summed E-state index contributed by atoms with van der Waals surface area (Å²) >= 11 is 0. The molecule has 2 aromatic heterocycles. The summed E-state index contributed by atoms with van der Waals surface area (Å²) in [4.78, 5) is 2.21. The number of hydrogen-bond acceptors (Lipinski definition) is 5. The number of aromatic nitrogens is 2. The second-order valence-corrected chi connectivity index (χ2v) is 5.61. The van der Waals surface area contributed by atoms with Gasteiger partial charge in [0.2, 0.25) is 0 Å². The van der Waals surface area contributed by atoms with E-state index >= 15 is 0 Å². The Balaban J connectivity index is 1.72. The Labute approximate surface area is 138 Å². The molecule has 1 aromatic carbocycles. The van der Waals surface area contributed by atoms with Gasteiger partial charge >= 0.3 is 0 Å². The van der Waals surface area contributed by atoms with Crippen LogP contribution >= 0.6 is 0 Å². The summed E-state index contributed by atoms with van der Waals surface area (Å²) in [6, 6.07) is 8.21. The number of ether oxygens (including phenoxy) is 2. The number of anilines is 2. The Kier molecular flexibility index (Phi) is 3.70. The van der Waals surface area contributed by atoms with Crippen molar-refractivity contribution in [1.82, 2.24) is 9.61 Å². The fraction of sp³-hybridized carbons (Fsp3) is 0.235. The number of rotatable bonds is 3. The first kappa shape index (κ1) is 14.8. The van der Waals surface area contributed by atoms with Gasteiger partial charge in [-0.15, -0.1) is 0 Å². The molecule has 0 aliphatic carbocycles. The molecule has 1 aliphatic rings. The van der Waals surface area contributed by atoms with Gasteiger partial charge in [0.25, 0.3) is 0 Å². The quantitative estimate of drug-likeness (QED) is 0.749. The summed E-state index contributed by atoms with van der Waals surface area (Å²) in [7, 11) is 0. The molecule has 24 heavy (non-hydrogen) atoms. The van der Waals surface area contributed by atoms with Crippen LogP contribution in [0.3, 0.4) is 0 Å². The largest absolute Gasteiger partial charge is 0.455 e. The number of hydrogen-bond donors (Lipinski definition) is 1. The maximum absolute atomic E-state index is 13.7. The van der Waals surface area contributed by atoms with Gasteiger partial charge in [-0.1, -0.05) is 0 Å². The Bertz CT molecular complexity index is 874. The van der Waals surface area contributed by atoms with E-state index in [-0.39, 0.29) is 5.69 Å². The molecule has 0 radical (unpaired) electrons. The molecule has 0 saturated carbocycles. The molecular formula is C17H17FN4O2. The molecule has 0 amide bonds. The normalized spacial score (nSPS) is 15.0. The minimum Gasteiger partial charge on any atom is -0.455 e. The SMILES string of the molecule is Nc1ccc(Oc2cc(N3CCOCC3)cn3nccc23)cc1F. The third kappa shape index (κ3) is 2.74. The van der Waals surface area contributed by atoms with Gasteiger partial charge in [0.1, 0.15) is 17.1 Å². The van der Waals surface area contributed by atoms with Crippen LogP contribution in [0.25, 0.3) is 5.52 Å². The Morgan fingerprint density at radius 3 is 2.79 bits per heavy atom. The maximum atomic E-state index is 13.7. The average molecular weight is 328 g/mol. The van der Waals surface area contributed by atoms with Crippen molar-refractivity contribution in [3.63, 3.8) is 0 Å². The zero-order valence-electron chi connectivity index (χ0n) is 13.0. The van der Waals surface area contributed by atoms with Gasteiger partial charge in [-0.3, -0.25) is 0 Å². The van der Waals surface area contributed by atoms with Crippen molar-refractivity contribution in [2.45, 2.75) is 0 Å². The van der Waals surface area contributed by atoms with E-state index in [0.717, 1.165) is 24.3 Å². The molecule has 2 N–H and O–H groups in total. The van der Waals surface area contributed by atoms with Crippen molar-refractivity contribution in [2.75, 3.05) is 36.9 Å². The zero-order chi connectivity index (χ0) is 16.5. The van der Waals surface area contributed by atoms with Crippen LogP contribution in [0.2, 0.25) is 0 Å². The summed E-state index contributed by atoms with van der Waals surface area (Å²) in [6.45, 7) is 3.00. The number of pyridine rings is 1. The predicted molar refractivity (Wildman–Crippen MR) is 89.1 cm³/mol. The maximum Gasteiger partial charge on any atom is 0.155 e. The number of fused-ring (bicyclic) bond motifs is 1. The van der Waals surface area contributed by atoms with Gasteiger partial charge in [-0.05, 0) is 18.2 Å². The highest BCUT2D eigenvalue weighted by Crippen LogP contribution is 2.31. The predicted octanol–water partition coefficient (Wildman–Crippen LogP) is 2.68. The molecular weight excluding hydrogens is 311 g/mol. The van der Waals surface area contributed by atoms with Crippen molar-refractivity contribution < 1.29 is 13.9 Å². The summed E-state index contributed by atoms with van der Waals surface area (Å²) in [6.07, 6.45) is 3.66. The average Bonchev–Trinajstić information content (AvgIpc) is 3.08. The molecule has 7 heteroatoms. The Hall–Kier alpha value is -2.80. The van der Waals surface area contributed by atoms with E-state index in [0.29, 0.717) is 24.7 Å². The third-order valence-electron chi connectivity index (χ3n) is 4.03. The van der Waals surface area contributed by atoms with Crippen molar-refractivity contribution in [3.05, 3.63) is 48.5 Å². The number of benzene rings is 1. The second-order valence-electron chi connectivity index (χ2n) is 5.61. The van der Waals surface area contributed by atoms with Crippen LogP contribution in [0.15, 0.2) is 42.7 Å². The van der Waals surface area contributed by atoms with Gasteiger partial charge in [-0.2, -0.15) is 5.10 Å². The molecule has 0 bridgehead atoms. The van der Waals surface area contributed by atoms with Crippen LogP contribution in [0.5, 0.6) is 11.5 Å². The lowest BCUT2D eigenvalue weighted by atomic mass is 10.2. The fourth-order valence-corrected chi connectivity index (χ4v) is 2.76. The molecule has 0 spiro atoms. The Morgan fingerprint density at radius 1 is 1.17 bits per heavy atom. The van der Waals surface area contributed by atoms with E-state index in [9.17, 15) is 4.39 Å². The molecule has 0 unspecified atom stereocenters. The Morgan fingerprint density at radius 2 is 2.00 bits per heavy atom. The van der Waals surface area contributed by atoms with Crippen molar-refractivity contribution in [1.29, 1.82) is 0 Å². The van der Waals surface area contributed by atoms with E-state index < -0.39 is 5.82 Å². The minimum absolute atomic E-state index is 0.0962. The monoisotopic (exact) mass is 328 g/mol. The third-order valence-corrected chi connectivity index (χ3v) is 4.03. The van der Waals surface area contributed by atoms with Crippen LogP contribution in [0, 0.1) is 5.82 Å². The first-order chi connectivity index (χ1) is 11.7. The van der Waals surface area contributed by atoms with Crippen LogP contribution in [-0.2, 0) is 4.74 Å². The zero-order valence-corrected chi connectivity index (χ0v) is 13.0. The van der Waals surface area contributed by atoms with Gasteiger partial charge in [0.05, 0.1) is 37.0 Å². The molecule has 124 valence electrons. The highest BCUT2D eigenvalue weighted by Gasteiger charge is 2.15. The molecule has 1 aliphatic heterocycles. The summed E-state index contributed by atoms with van der Waals surface area (Å²) in [5, 5.41) is 4.29. The topological polar surface area (TPSA) is 65.0 Å². The van der Waals surface area contributed by atoms with Crippen LogP contribution in [0.4, 0.5) is 15.8 Å². The lowest BCUT2D eigenvalue weighted by molar-refractivity contribution is 0.122. The second kappa shape index (κ2) is 6.01. The molecule has 1 fully saturated rings. The van der Waals surface area contributed by atoms with Gasteiger partial charge < -0.3 is 20.1 Å². The van der Waals surface area contributed by atoms with Crippen LogP contribution in [-0.4, -0.2) is 35.9 Å². The lowest BCUT2D eigenvalue weighted by Gasteiger charge is -2.29. The fourth-order valence-electron chi connectivity index (χ4n) is 2.76. The van der Waals surface area contributed by atoms with E-state index in [1.165, 1.54) is 12.1 Å². The molecule has 0 atom stereocenters. The summed E-state index contributed by atoms with van der Waals surface area (Å²) in [5.41, 5.74) is 7.41. The van der Waals surface area contributed by atoms with Crippen molar-refractivity contribution in [3.8, 4) is 11.5 Å². The number of nitrogen functional groups attached to an aromatic ring is 1.